The van der Waals surface area contributed by atoms with Gasteiger partial charge in [0.1, 0.15) is 23.8 Å². The molecule has 1 aliphatic carbocycles. The third-order valence-corrected chi connectivity index (χ3v) is 9.76. The number of sulfonamides is 1. The molecule has 1 aliphatic heterocycles. The molecule has 0 radical (unpaired) electrons. The van der Waals surface area contributed by atoms with Gasteiger partial charge in [0.2, 0.25) is 15.9 Å². The smallest absolute Gasteiger partial charge is 0.340 e. The first-order valence-electron chi connectivity index (χ1n) is 12.9. The second kappa shape index (κ2) is 9.68. The summed E-state index contributed by atoms with van der Waals surface area (Å²) in [5.41, 5.74) is 7.74. The van der Waals surface area contributed by atoms with Crippen molar-refractivity contribution < 1.29 is 22.7 Å². The number of fused-ring (bicyclic) bond motifs is 2. The Morgan fingerprint density at radius 1 is 1.10 bits per heavy atom. The number of aromatic nitrogens is 3. The number of anilines is 2. The molecule has 12 heteroatoms. The first kappa shape index (κ1) is 27.2. The van der Waals surface area contributed by atoms with Crippen molar-refractivity contribution in [1.82, 2.24) is 19.3 Å². The van der Waals surface area contributed by atoms with E-state index in [9.17, 15) is 13.2 Å². The van der Waals surface area contributed by atoms with Crippen LogP contribution in [0.4, 0.5) is 11.6 Å². The van der Waals surface area contributed by atoms with Crippen LogP contribution < -0.4 is 15.8 Å². The van der Waals surface area contributed by atoms with Gasteiger partial charge in [-0.05, 0) is 49.9 Å². The molecule has 11 nitrogen and oxygen atoms in total. The number of ether oxygens (including phenoxy) is 2. The summed E-state index contributed by atoms with van der Waals surface area (Å²) in [6, 6.07) is 5.30. The minimum atomic E-state index is -3.32. The molecule has 3 N–H and O–H groups in total. The average molecular weight is 555 g/mol. The second-order valence-corrected chi connectivity index (χ2v) is 13.6. The van der Waals surface area contributed by atoms with Crippen molar-refractivity contribution in [2.24, 2.45) is 5.73 Å². The average Bonchev–Trinajstić information content (AvgIpc) is 2.83. The molecular formula is C27H34N6O5S. The number of pyridine rings is 3. The standard InChI is InChI=1S/C27H34N6O5S/c1-14-15(2)37-26(34)18-7-8-22(32-24(14)18)31-23-11-19-20(12-29-23)25(30-13-21(19)27(3,4)28)38-16-9-17(10-16)39(35,36)33(5)6/h7-8,11-17H,9-10,28H2,1-6H3,(H,29,31,32)/t14-,15-,16-,17-/m0/s1. The molecular weight excluding hydrogens is 520 g/mol. The minimum absolute atomic E-state index is 0.0433. The number of carbonyl (C=O) groups excluding carboxylic acids is 1. The molecule has 208 valence electrons. The third kappa shape index (κ3) is 5.04. The fourth-order valence-corrected chi connectivity index (χ4v) is 6.36. The van der Waals surface area contributed by atoms with Crippen LogP contribution in [-0.2, 0) is 20.3 Å². The summed E-state index contributed by atoms with van der Waals surface area (Å²) in [5, 5.41) is 4.27. The number of hydrogen-bond acceptors (Lipinski definition) is 10. The van der Waals surface area contributed by atoms with Crippen molar-refractivity contribution in [2.75, 3.05) is 19.4 Å². The number of nitrogens with two attached hydrogens (primary N) is 1. The molecule has 3 aromatic heterocycles. The van der Waals surface area contributed by atoms with E-state index in [0.717, 1.165) is 10.9 Å². The number of esters is 1. The van der Waals surface area contributed by atoms with Gasteiger partial charge >= 0.3 is 5.97 Å². The van der Waals surface area contributed by atoms with Gasteiger partial charge in [-0.3, -0.25) is 0 Å². The van der Waals surface area contributed by atoms with Crippen LogP contribution in [0.2, 0.25) is 0 Å². The molecule has 1 saturated carbocycles. The van der Waals surface area contributed by atoms with Crippen LogP contribution in [0.5, 0.6) is 5.88 Å². The van der Waals surface area contributed by atoms with Crippen LogP contribution in [0.1, 0.15) is 68.1 Å². The Balaban J connectivity index is 1.44. The normalized spacial score (nSPS) is 23.2. The van der Waals surface area contributed by atoms with E-state index in [1.54, 1.807) is 24.5 Å². The van der Waals surface area contributed by atoms with Gasteiger partial charge in [0.25, 0.3) is 0 Å². The lowest BCUT2D eigenvalue weighted by Gasteiger charge is -2.36. The van der Waals surface area contributed by atoms with Gasteiger partial charge in [-0.1, -0.05) is 6.92 Å². The van der Waals surface area contributed by atoms with Crippen molar-refractivity contribution in [3.05, 3.63) is 47.4 Å². The Morgan fingerprint density at radius 2 is 1.82 bits per heavy atom. The van der Waals surface area contributed by atoms with Gasteiger partial charge in [-0.15, -0.1) is 0 Å². The Morgan fingerprint density at radius 3 is 2.49 bits per heavy atom. The highest BCUT2D eigenvalue weighted by Gasteiger charge is 2.42. The van der Waals surface area contributed by atoms with Gasteiger partial charge in [0.05, 0.1) is 21.9 Å². The third-order valence-electron chi connectivity index (χ3n) is 7.52. The molecule has 0 saturated heterocycles. The molecule has 2 atom stereocenters. The predicted octanol–water partition coefficient (Wildman–Crippen LogP) is 3.43. The van der Waals surface area contributed by atoms with Crippen LogP contribution in [0.25, 0.3) is 10.8 Å². The van der Waals surface area contributed by atoms with E-state index in [4.69, 9.17) is 20.2 Å². The second-order valence-electron chi connectivity index (χ2n) is 11.1. The summed E-state index contributed by atoms with van der Waals surface area (Å²) >= 11 is 0. The monoisotopic (exact) mass is 554 g/mol. The van der Waals surface area contributed by atoms with Gasteiger partial charge in [-0.2, -0.15) is 0 Å². The van der Waals surface area contributed by atoms with Crippen molar-refractivity contribution in [3.8, 4) is 5.88 Å². The SMILES string of the molecule is C[C@@H]1OC(=O)c2ccc(Nc3cc4c(C(C)(C)N)cnc(O[C@H]5C[C@H](S(=O)(=O)N(C)C)C5)c4cn3)nc2[C@H]1C. The highest BCUT2D eigenvalue weighted by Crippen LogP contribution is 2.37. The molecule has 4 heterocycles. The van der Waals surface area contributed by atoms with E-state index < -0.39 is 20.8 Å². The molecule has 39 heavy (non-hydrogen) atoms. The van der Waals surface area contributed by atoms with Crippen molar-refractivity contribution in [1.29, 1.82) is 0 Å². The van der Waals surface area contributed by atoms with Crippen molar-refractivity contribution in [2.45, 2.75) is 69.5 Å². The van der Waals surface area contributed by atoms with Gasteiger partial charge < -0.3 is 20.5 Å². The zero-order valence-corrected chi connectivity index (χ0v) is 23.7. The Hall–Kier alpha value is -3.35. The molecule has 0 unspecified atom stereocenters. The molecule has 0 amide bonds. The van der Waals surface area contributed by atoms with Gasteiger partial charge in [0.15, 0.2) is 0 Å². The molecule has 0 aromatic carbocycles. The highest BCUT2D eigenvalue weighted by molar-refractivity contribution is 7.89. The maximum absolute atomic E-state index is 12.4. The maximum atomic E-state index is 12.4. The molecule has 2 aliphatic rings. The quantitative estimate of drug-likeness (QED) is 0.416. The van der Waals surface area contributed by atoms with Crippen LogP contribution in [0.3, 0.4) is 0 Å². The number of rotatable bonds is 7. The number of hydrogen-bond donors (Lipinski definition) is 2. The maximum Gasteiger partial charge on any atom is 0.340 e. The van der Waals surface area contributed by atoms with Crippen molar-refractivity contribution >= 4 is 38.4 Å². The van der Waals surface area contributed by atoms with Gasteiger partial charge in [-0.25, -0.2) is 32.5 Å². The predicted molar refractivity (Wildman–Crippen MR) is 148 cm³/mol. The lowest BCUT2D eigenvalue weighted by molar-refractivity contribution is 0.0235. The summed E-state index contributed by atoms with van der Waals surface area (Å²) < 4.78 is 37.6. The number of nitrogens with one attached hydrogen (secondary N) is 1. The summed E-state index contributed by atoms with van der Waals surface area (Å²) in [7, 11) is -0.241. The van der Waals surface area contributed by atoms with E-state index >= 15 is 0 Å². The Bertz CT molecular complexity index is 1550. The largest absolute Gasteiger partial charge is 0.474 e. The van der Waals surface area contributed by atoms with E-state index in [-0.39, 0.29) is 24.1 Å². The number of nitrogens with zero attached hydrogens (tertiary/aromatic N) is 4. The Kier molecular flexibility index (Phi) is 6.76. The number of carbonyl (C=O) groups is 1. The summed E-state index contributed by atoms with van der Waals surface area (Å²) in [6.45, 7) is 7.62. The summed E-state index contributed by atoms with van der Waals surface area (Å²) in [6.07, 6.45) is 3.64. The summed E-state index contributed by atoms with van der Waals surface area (Å²) in [5.74, 6) is 1.06. The van der Waals surface area contributed by atoms with E-state index in [2.05, 4.69) is 15.3 Å². The molecule has 5 rings (SSSR count). The fraction of sp³-hybridized carbons (Fsp3) is 0.481. The first-order chi connectivity index (χ1) is 18.3. The van der Waals surface area contributed by atoms with Crippen LogP contribution >= 0.6 is 0 Å². The van der Waals surface area contributed by atoms with E-state index in [0.29, 0.717) is 47.0 Å². The zero-order chi connectivity index (χ0) is 28.3. The van der Waals surface area contributed by atoms with E-state index in [1.165, 1.54) is 18.4 Å². The lowest BCUT2D eigenvalue weighted by Crippen LogP contribution is -2.47. The topological polar surface area (TPSA) is 150 Å². The van der Waals surface area contributed by atoms with Crippen LogP contribution in [0.15, 0.2) is 30.6 Å². The van der Waals surface area contributed by atoms with Crippen molar-refractivity contribution in [3.63, 3.8) is 0 Å². The molecule has 3 aromatic rings. The van der Waals surface area contributed by atoms with Gasteiger partial charge in [0, 0.05) is 50.8 Å². The number of cyclic esters (lactones) is 1. The Labute approximate surface area is 228 Å². The van der Waals surface area contributed by atoms with E-state index in [1.807, 2.05) is 33.8 Å². The first-order valence-corrected chi connectivity index (χ1v) is 14.4. The highest BCUT2D eigenvalue weighted by atomic mass is 32.2. The lowest BCUT2D eigenvalue weighted by atomic mass is 9.92. The fourth-order valence-electron chi connectivity index (χ4n) is 4.85. The molecule has 0 bridgehead atoms. The van der Waals surface area contributed by atoms with Crippen LogP contribution in [0, 0.1) is 0 Å². The molecule has 1 fully saturated rings. The summed E-state index contributed by atoms with van der Waals surface area (Å²) in [4.78, 5) is 26.0. The minimum Gasteiger partial charge on any atom is -0.474 e. The molecule has 0 spiro atoms. The van der Waals surface area contributed by atoms with Crippen LogP contribution in [-0.4, -0.2) is 65.2 Å². The zero-order valence-electron chi connectivity index (χ0n) is 22.9.